The minimum absolute atomic E-state index is 0.327. The van der Waals surface area contributed by atoms with Crippen molar-refractivity contribution in [2.75, 3.05) is 11.4 Å². The van der Waals surface area contributed by atoms with Crippen LogP contribution in [0.5, 0.6) is 0 Å². The fourth-order valence-electron chi connectivity index (χ4n) is 1.89. The molecule has 0 aliphatic rings. The molecule has 0 bridgehead atoms. The van der Waals surface area contributed by atoms with Gasteiger partial charge in [0.05, 0.1) is 16.3 Å². The van der Waals surface area contributed by atoms with Gasteiger partial charge in [0.2, 0.25) is 0 Å². The second kappa shape index (κ2) is 6.53. The number of nitrogens with zero attached hydrogens (tertiary/aromatic N) is 1. The van der Waals surface area contributed by atoms with Crippen LogP contribution >= 0.6 is 27.5 Å². The van der Waals surface area contributed by atoms with Crippen molar-refractivity contribution in [1.82, 2.24) is 0 Å². The van der Waals surface area contributed by atoms with Gasteiger partial charge in [-0.25, -0.2) is 12.8 Å². The molecule has 0 atom stereocenters. The highest BCUT2D eigenvalue weighted by atomic mass is 79.9. The molecule has 24 heavy (non-hydrogen) atoms. The van der Waals surface area contributed by atoms with E-state index in [1.165, 1.54) is 12.1 Å². The molecular weight excluding hydrogens is 438 g/mol. The van der Waals surface area contributed by atoms with Crippen LogP contribution in [0, 0.1) is 5.82 Å². The van der Waals surface area contributed by atoms with Gasteiger partial charge in [-0.3, -0.25) is 4.31 Å². The van der Waals surface area contributed by atoms with Gasteiger partial charge in [-0.2, -0.15) is 13.2 Å². The number of alkyl halides is 3. The van der Waals surface area contributed by atoms with E-state index in [4.69, 9.17) is 11.6 Å². The molecule has 0 radical (unpaired) electrons. The highest BCUT2D eigenvalue weighted by Crippen LogP contribution is 2.35. The topological polar surface area (TPSA) is 37.4 Å². The maximum atomic E-state index is 14.0. The van der Waals surface area contributed by atoms with Crippen molar-refractivity contribution in [3.05, 3.63) is 57.3 Å². The smallest absolute Gasteiger partial charge is 0.266 e. The highest BCUT2D eigenvalue weighted by molar-refractivity contribution is 9.10. The van der Waals surface area contributed by atoms with Crippen LogP contribution in [0.2, 0.25) is 5.02 Å². The minimum atomic E-state index is -4.74. The van der Waals surface area contributed by atoms with Gasteiger partial charge in [-0.15, -0.1) is 0 Å². The fraction of sp³-hybridized carbons (Fsp3) is 0.143. The first kappa shape index (κ1) is 19.0. The van der Waals surface area contributed by atoms with Crippen molar-refractivity contribution in [2.24, 2.45) is 0 Å². The second-order valence-corrected chi connectivity index (χ2v) is 7.97. The molecule has 0 amide bonds. The van der Waals surface area contributed by atoms with E-state index in [2.05, 4.69) is 15.9 Å². The fourth-order valence-corrected chi connectivity index (χ4v) is 3.93. The summed E-state index contributed by atoms with van der Waals surface area (Å²) in [6.45, 7) is 0. The van der Waals surface area contributed by atoms with E-state index < -0.39 is 37.5 Å². The second-order valence-electron chi connectivity index (χ2n) is 4.71. The summed E-state index contributed by atoms with van der Waals surface area (Å²) in [4.78, 5) is -0.760. The van der Waals surface area contributed by atoms with Crippen molar-refractivity contribution in [2.45, 2.75) is 11.1 Å². The van der Waals surface area contributed by atoms with Crippen LogP contribution in [0.15, 0.2) is 45.8 Å². The zero-order chi connectivity index (χ0) is 18.3. The molecule has 0 fully saturated rings. The van der Waals surface area contributed by atoms with E-state index in [9.17, 15) is 26.0 Å². The summed E-state index contributed by atoms with van der Waals surface area (Å²) in [7, 11) is -3.47. The SMILES string of the molecule is CN(c1ccc(Br)cc1F)S(=O)(=O)c1cc(C(F)(F)F)ccc1Cl. The Hall–Kier alpha value is -1.32. The van der Waals surface area contributed by atoms with Crippen LogP contribution in [0.4, 0.5) is 23.2 Å². The molecule has 2 rings (SSSR count). The number of hydrogen-bond acceptors (Lipinski definition) is 2. The number of halogens is 6. The first-order valence-corrected chi connectivity index (χ1v) is 8.86. The Morgan fingerprint density at radius 3 is 2.29 bits per heavy atom. The molecular formula is C14H9BrClF4NO2S. The Morgan fingerprint density at radius 2 is 1.75 bits per heavy atom. The van der Waals surface area contributed by atoms with E-state index in [-0.39, 0.29) is 5.69 Å². The Balaban J connectivity index is 2.58. The van der Waals surface area contributed by atoms with Crippen LogP contribution in [0.3, 0.4) is 0 Å². The van der Waals surface area contributed by atoms with Gasteiger partial charge in [0.25, 0.3) is 10.0 Å². The predicted molar refractivity (Wildman–Crippen MR) is 86.1 cm³/mol. The van der Waals surface area contributed by atoms with Crippen LogP contribution in [-0.4, -0.2) is 15.5 Å². The summed E-state index contributed by atoms with van der Waals surface area (Å²) in [5, 5.41) is -0.396. The summed E-state index contributed by atoms with van der Waals surface area (Å²) in [5.74, 6) is -0.862. The first-order chi connectivity index (χ1) is 10.9. The van der Waals surface area contributed by atoms with Crippen molar-refractivity contribution in [3.63, 3.8) is 0 Å². The number of benzene rings is 2. The molecule has 130 valence electrons. The lowest BCUT2D eigenvalue weighted by molar-refractivity contribution is -0.137. The molecule has 2 aromatic carbocycles. The zero-order valence-corrected chi connectivity index (χ0v) is 15.1. The van der Waals surface area contributed by atoms with Crippen LogP contribution < -0.4 is 4.31 Å². The molecule has 0 unspecified atom stereocenters. The average Bonchev–Trinajstić information content (AvgIpc) is 2.45. The number of anilines is 1. The molecule has 0 aliphatic heterocycles. The third-order valence-corrected chi connectivity index (χ3v) is 5.89. The van der Waals surface area contributed by atoms with Gasteiger partial charge in [-0.1, -0.05) is 27.5 Å². The van der Waals surface area contributed by atoms with E-state index >= 15 is 0 Å². The maximum absolute atomic E-state index is 14.0. The lowest BCUT2D eigenvalue weighted by Crippen LogP contribution is -2.28. The van der Waals surface area contributed by atoms with Crippen molar-refractivity contribution in [3.8, 4) is 0 Å². The van der Waals surface area contributed by atoms with E-state index in [0.29, 0.717) is 20.9 Å². The maximum Gasteiger partial charge on any atom is 0.416 e. The number of rotatable bonds is 3. The Kier molecular flexibility index (Phi) is 5.17. The van der Waals surface area contributed by atoms with Gasteiger partial charge in [0.15, 0.2) is 0 Å². The van der Waals surface area contributed by atoms with Crippen molar-refractivity contribution >= 4 is 43.2 Å². The molecule has 3 nitrogen and oxygen atoms in total. The first-order valence-electron chi connectivity index (χ1n) is 6.25. The van der Waals surface area contributed by atoms with Gasteiger partial charge in [0, 0.05) is 11.5 Å². The molecule has 0 heterocycles. The summed E-state index contributed by atoms with van der Waals surface area (Å²) in [6, 6.07) is 5.54. The van der Waals surface area contributed by atoms with Crippen LogP contribution in [0.1, 0.15) is 5.56 Å². The summed E-state index contributed by atoms with van der Waals surface area (Å²) in [6.07, 6.45) is -4.74. The molecule has 0 spiro atoms. The quantitative estimate of drug-likeness (QED) is 0.616. The molecule has 0 aliphatic carbocycles. The van der Waals surface area contributed by atoms with Gasteiger partial charge < -0.3 is 0 Å². The summed E-state index contributed by atoms with van der Waals surface area (Å²) >= 11 is 8.78. The minimum Gasteiger partial charge on any atom is -0.266 e. The third-order valence-electron chi connectivity index (χ3n) is 3.15. The predicted octanol–water partition coefficient (Wildman–Crippen LogP) is 5.09. The normalized spacial score (nSPS) is 12.3. The molecule has 0 aromatic heterocycles. The average molecular weight is 447 g/mol. The largest absolute Gasteiger partial charge is 0.416 e. The lowest BCUT2D eigenvalue weighted by atomic mass is 10.2. The monoisotopic (exact) mass is 445 g/mol. The Bertz CT molecular complexity index is 887. The molecule has 2 aromatic rings. The Morgan fingerprint density at radius 1 is 1.12 bits per heavy atom. The van der Waals surface area contributed by atoms with Gasteiger partial charge in [0.1, 0.15) is 10.7 Å². The van der Waals surface area contributed by atoms with Crippen molar-refractivity contribution in [1.29, 1.82) is 0 Å². The zero-order valence-electron chi connectivity index (χ0n) is 11.9. The Labute approximate surface area is 149 Å². The lowest BCUT2D eigenvalue weighted by Gasteiger charge is -2.21. The van der Waals surface area contributed by atoms with Crippen LogP contribution in [0.25, 0.3) is 0 Å². The van der Waals surface area contributed by atoms with Gasteiger partial charge >= 0.3 is 6.18 Å². The summed E-state index contributed by atoms with van der Waals surface area (Å²) in [5.41, 5.74) is -1.50. The number of hydrogen-bond donors (Lipinski definition) is 0. The van der Waals surface area contributed by atoms with E-state index in [0.717, 1.165) is 19.2 Å². The third kappa shape index (κ3) is 3.68. The highest BCUT2D eigenvalue weighted by Gasteiger charge is 2.34. The van der Waals surface area contributed by atoms with E-state index in [1.807, 2.05) is 0 Å². The summed E-state index contributed by atoms with van der Waals surface area (Å²) < 4.78 is 78.4. The van der Waals surface area contributed by atoms with Gasteiger partial charge in [-0.05, 0) is 36.4 Å². The number of sulfonamides is 1. The standard InChI is InChI=1S/C14H9BrClF4NO2S/c1-21(12-5-3-9(15)7-11(12)17)24(22,23)13-6-8(14(18,19)20)2-4-10(13)16/h2-7H,1H3. The van der Waals surface area contributed by atoms with Crippen LogP contribution in [-0.2, 0) is 16.2 Å². The molecule has 0 saturated heterocycles. The molecule has 0 N–H and O–H groups in total. The van der Waals surface area contributed by atoms with Crippen molar-refractivity contribution < 1.29 is 26.0 Å². The van der Waals surface area contributed by atoms with E-state index in [1.54, 1.807) is 0 Å². The molecule has 0 saturated carbocycles. The molecule has 10 heteroatoms.